The molecule has 0 amide bonds. The molecule has 2 N–H and O–H groups in total. The van der Waals surface area contributed by atoms with E-state index >= 15 is 0 Å². The summed E-state index contributed by atoms with van der Waals surface area (Å²) < 4.78 is 0. The summed E-state index contributed by atoms with van der Waals surface area (Å²) in [5.41, 5.74) is 4.95. The van der Waals surface area contributed by atoms with Gasteiger partial charge in [-0.05, 0) is 0 Å². The van der Waals surface area contributed by atoms with Crippen LogP contribution >= 0.6 is 37.4 Å². The minimum absolute atomic E-state index is 0. The van der Waals surface area contributed by atoms with Crippen LogP contribution in [0.25, 0.3) is 0 Å². The third kappa shape index (κ3) is 20.7. The first kappa shape index (κ1) is 15.8. The highest BCUT2D eigenvalue weighted by atomic mass is 35.5. The van der Waals surface area contributed by atoms with Gasteiger partial charge in [-0.3, -0.25) is 0 Å². The summed E-state index contributed by atoms with van der Waals surface area (Å²) in [6.45, 7) is 0.684. The summed E-state index contributed by atoms with van der Waals surface area (Å²) in [7, 11) is 0. The number of nitrogens with two attached hydrogens (primary N) is 1. The molecule has 6 heavy (non-hydrogen) atoms. The van der Waals surface area contributed by atoms with Gasteiger partial charge in [0.1, 0.15) is 0 Å². The van der Waals surface area contributed by atoms with Crippen molar-refractivity contribution in [2.45, 2.75) is 0 Å². The highest BCUT2D eigenvalue weighted by Crippen LogP contribution is 1.58. The number of thiol groups is 1. The lowest BCUT2D eigenvalue weighted by Gasteiger charge is -1.69. The third-order valence-corrected chi connectivity index (χ3v) is 0.387. The van der Waals surface area contributed by atoms with Gasteiger partial charge in [-0.2, -0.15) is 12.6 Å². The van der Waals surface area contributed by atoms with Gasteiger partial charge >= 0.3 is 0 Å². The summed E-state index contributed by atoms with van der Waals surface area (Å²) in [4.78, 5) is 0. The van der Waals surface area contributed by atoms with Crippen molar-refractivity contribution in [3.05, 3.63) is 0 Å². The molecule has 0 atom stereocenters. The number of hydrogen-bond donors (Lipinski definition) is 2. The fourth-order valence-corrected chi connectivity index (χ4v) is 0. The standard InChI is InChI=1S/C2H7NS.2ClH/c3-1-2-4;;/h4H,1-3H2;2*1H. The monoisotopic (exact) mass is 149 g/mol. The van der Waals surface area contributed by atoms with Crippen molar-refractivity contribution >= 4 is 37.4 Å². The van der Waals surface area contributed by atoms with Crippen molar-refractivity contribution in [3.8, 4) is 0 Å². The summed E-state index contributed by atoms with van der Waals surface area (Å²) in [5, 5.41) is 0. The first-order chi connectivity index (χ1) is 1.91. The highest BCUT2D eigenvalue weighted by Gasteiger charge is 1.56. The van der Waals surface area contributed by atoms with E-state index in [9.17, 15) is 0 Å². The minimum atomic E-state index is 0. The van der Waals surface area contributed by atoms with Crippen molar-refractivity contribution in [1.82, 2.24) is 0 Å². The lowest BCUT2D eigenvalue weighted by Crippen LogP contribution is -1.97. The summed E-state index contributed by atoms with van der Waals surface area (Å²) in [6.07, 6.45) is 0. The zero-order chi connectivity index (χ0) is 3.41. The van der Waals surface area contributed by atoms with Crippen LogP contribution < -0.4 is 5.73 Å². The molecular weight excluding hydrogens is 141 g/mol. The van der Waals surface area contributed by atoms with Crippen LogP contribution in [0.1, 0.15) is 0 Å². The quantitative estimate of drug-likeness (QED) is 0.529. The van der Waals surface area contributed by atoms with Crippen LogP contribution in [0.5, 0.6) is 0 Å². The molecule has 1 nitrogen and oxygen atoms in total. The van der Waals surface area contributed by atoms with Crippen molar-refractivity contribution < 1.29 is 0 Å². The third-order valence-electron chi connectivity index (χ3n) is 0.129. The van der Waals surface area contributed by atoms with Crippen molar-refractivity contribution in [1.29, 1.82) is 0 Å². The topological polar surface area (TPSA) is 26.0 Å². The number of halogens is 2. The van der Waals surface area contributed by atoms with Gasteiger partial charge in [-0.15, -0.1) is 24.8 Å². The summed E-state index contributed by atoms with van der Waals surface area (Å²) in [6, 6.07) is 0. The first-order valence-corrected chi connectivity index (χ1v) is 1.86. The van der Waals surface area contributed by atoms with E-state index in [1.54, 1.807) is 0 Å². The van der Waals surface area contributed by atoms with Crippen LogP contribution in [0.15, 0.2) is 0 Å². The van der Waals surface area contributed by atoms with Crippen LogP contribution in [0.2, 0.25) is 0 Å². The van der Waals surface area contributed by atoms with Crippen LogP contribution in [0, 0.1) is 0 Å². The molecular formula is C2H9Cl2NS. The van der Waals surface area contributed by atoms with Crippen LogP contribution in [0.3, 0.4) is 0 Å². The maximum Gasteiger partial charge on any atom is 0.00255 e. The Balaban J connectivity index is -0.0000000450. The van der Waals surface area contributed by atoms with E-state index in [0.717, 1.165) is 5.75 Å². The molecule has 0 unspecified atom stereocenters. The molecule has 0 aromatic carbocycles. The van der Waals surface area contributed by atoms with Crippen molar-refractivity contribution in [3.63, 3.8) is 0 Å². The van der Waals surface area contributed by atoms with Gasteiger partial charge in [0.25, 0.3) is 0 Å². The Morgan fingerprint density at radius 2 is 1.50 bits per heavy atom. The van der Waals surface area contributed by atoms with Crippen LogP contribution in [0.4, 0.5) is 0 Å². The van der Waals surface area contributed by atoms with E-state index in [2.05, 4.69) is 12.6 Å². The van der Waals surface area contributed by atoms with Gasteiger partial charge in [0, 0.05) is 12.3 Å². The zero-order valence-corrected chi connectivity index (χ0v) is 5.78. The lowest BCUT2D eigenvalue weighted by molar-refractivity contribution is 1.16. The molecule has 0 aromatic rings. The number of rotatable bonds is 1. The molecule has 0 rings (SSSR count). The first-order valence-electron chi connectivity index (χ1n) is 1.22. The second kappa shape index (κ2) is 16.9. The van der Waals surface area contributed by atoms with E-state index in [1.165, 1.54) is 0 Å². The van der Waals surface area contributed by atoms with E-state index in [-0.39, 0.29) is 24.8 Å². The molecule has 0 bridgehead atoms. The van der Waals surface area contributed by atoms with Crippen molar-refractivity contribution in [2.75, 3.05) is 12.3 Å². The highest BCUT2D eigenvalue weighted by molar-refractivity contribution is 7.80. The molecule has 0 heterocycles. The second-order valence-corrected chi connectivity index (χ2v) is 0.959. The Morgan fingerprint density at radius 1 is 1.33 bits per heavy atom. The summed E-state index contributed by atoms with van der Waals surface area (Å²) >= 11 is 3.80. The molecule has 42 valence electrons. The SMILES string of the molecule is Cl.Cl.NCCS. The van der Waals surface area contributed by atoms with E-state index < -0.39 is 0 Å². The number of hydrogen-bond acceptors (Lipinski definition) is 2. The largest absolute Gasteiger partial charge is 0.330 e. The molecule has 4 heteroatoms. The van der Waals surface area contributed by atoms with Crippen LogP contribution in [-0.4, -0.2) is 12.3 Å². The normalized spacial score (nSPS) is 5.00. The molecule has 0 saturated carbocycles. The van der Waals surface area contributed by atoms with Gasteiger partial charge in [-0.25, -0.2) is 0 Å². The summed E-state index contributed by atoms with van der Waals surface area (Å²) in [5.74, 6) is 0.792. The molecule has 0 aliphatic heterocycles. The Morgan fingerprint density at radius 3 is 1.50 bits per heavy atom. The van der Waals surface area contributed by atoms with E-state index in [0.29, 0.717) is 6.54 Å². The molecule has 0 aliphatic carbocycles. The fourth-order valence-electron chi connectivity index (χ4n) is 0. The maximum absolute atomic E-state index is 4.95. The lowest BCUT2D eigenvalue weighted by atomic mass is 10.8. The Kier molecular flexibility index (Phi) is 44.4. The molecule has 0 spiro atoms. The molecule has 0 aromatic heterocycles. The average molecular weight is 150 g/mol. The van der Waals surface area contributed by atoms with Gasteiger partial charge in [0.15, 0.2) is 0 Å². The predicted molar refractivity (Wildman–Crippen MR) is 37.4 cm³/mol. The van der Waals surface area contributed by atoms with Crippen molar-refractivity contribution in [2.24, 2.45) is 5.73 Å². The Bertz CT molecular complexity index is 13.5. The fraction of sp³-hybridized carbons (Fsp3) is 1.00. The van der Waals surface area contributed by atoms with Gasteiger partial charge < -0.3 is 5.73 Å². The van der Waals surface area contributed by atoms with E-state index in [4.69, 9.17) is 5.73 Å². The zero-order valence-electron chi connectivity index (χ0n) is 3.26. The Labute approximate surface area is 55.9 Å². The molecule has 0 saturated heterocycles. The van der Waals surface area contributed by atoms with Gasteiger partial charge in [0.2, 0.25) is 0 Å². The maximum atomic E-state index is 4.95. The van der Waals surface area contributed by atoms with Gasteiger partial charge in [-0.1, -0.05) is 0 Å². The second-order valence-electron chi connectivity index (χ2n) is 0.512. The van der Waals surface area contributed by atoms with Gasteiger partial charge in [0.05, 0.1) is 0 Å². The average Bonchev–Trinajstić information content (AvgIpc) is 1.37. The molecule has 0 aliphatic rings. The van der Waals surface area contributed by atoms with E-state index in [1.807, 2.05) is 0 Å². The molecule has 0 fully saturated rings. The minimum Gasteiger partial charge on any atom is -0.330 e. The predicted octanol–water partition coefficient (Wildman–Crippen LogP) is 0.719. The molecule has 0 radical (unpaired) electrons. The smallest absolute Gasteiger partial charge is 0.00255 e. The van der Waals surface area contributed by atoms with Crippen LogP contribution in [-0.2, 0) is 0 Å². The Hall–Kier alpha value is 0.890.